The molecular formula is C12H19N. The van der Waals surface area contributed by atoms with Gasteiger partial charge in [-0.2, -0.15) is 0 Å². The van der Waals surface area contributed by atoms with Crippen molar-refractivity contribution in [3.63, 3.8) is 0 Å². The molecule has 0 saturated carbocycles. The molecule has 0 aliphatic carbocycles. The first kappa shape index (κ1) is 10.2. The van der Waals surface area contributed by atoms with E-state index in [2.05, 4.69) is 31.5 Å². The molecule has 0 fully saturated rings. The van der Waals surface area contributed by atoms with Crippen molar-refractivity contribution in [2.24, 2.45) is 10.9 Å². The molecule has 0 radical (unpaired) electrons. The molecule has 0 aromatic rings. The van der Waals surface area contributed by atoms with Gasteiger partial charge in [0.1, 0.15) is 0 Å². The molecule has 0 spiro atoms. The Morgan fingerprint density at radius 3 is 2.77 bits per heavy atom. The largest absolute Gasteiger partial charge is 0.281 e. The van der Waals surface area contributed by atoms with Crippen molar-refractivity contribution in [2.45, 2.75) is 33.6 Å². The average molecular weight is 177 g/mol. The van der Waals surface area contributed by atoms with Gasteiger partial charge in [0.15, 0.2) is 0 Å². The minimum Gasteiger partial charge on any atom is -0.281 e. The first-order valence-corrected chi connectivity index (χ1v) is 4.99. The summed E-state index contributed by atoms with van der Waals surface area (Å²) in [6.07, 6.45) is 4.66. The highest BCUT2D eigenvalue weighted by Gasteiger charge is 2.08. The van der Waals surface area contributed by atoms with Crippen LogP contribution in [-0.4, -0.2) is 12.3 Å². The molecule has 1 heterocycles. The monoisotopic (exact) mass is 177 g/mol. The Morgan fingerprint density at radius 1 is 1.62 bits per heavy atom. The summed E-state index contributed by atoms with van der Waals surface area (Å²) >= 11 is 0. The second-order valence-corrected chi connectivity index (χ2v) is 4.22. The number of allylic oxidation sites excluding steroid dienone is 2. The van der Waals surface area contributed by atoms with Crippen LogP contribution in [0, 0.1) is 5.92 Å². The summed E-state index contributed by atoms with van der Waals surface area (Å²) in [5.41, 5.74) is 3.64. The van der Waals surface area contributed by atoms with Crippen LogP contribution in [0.2, 0.25) is 0 Å². The Hall–Kier alpha value is -0.850. The minimum absolute atomic E-state index is 0.787. The molecule has 0 aromatic heterocycles. The fraction of sp³-hybridized carbons (Fsp3) is 0.583. The summed E-state index contributed by atoms with van der Waals surface area (Å²) in [4.78, 5) is 4.42. The second-order valence-electron chi connectivity index (χ2n) is 4.22. The number of hydrogen-bond donors (Lipinski definition) is 0. The Bertz CT molecular complexity index is 256. The molecule has 0 N–H and O–H groups in total. The van der Waals surface area contributed by atoms with Crippen LogP contribution in [0.25, 0.3) is 0 Å². The van der Waals surface area contributed by atoms with Gasteiger partial charge in [0.05, 0.1) is 12.3 Å². The zero-order valence-electron chi connectivity index (χ0n) is 8.93. The third-order valence-corrected chi connectivity index (χ3v) is 2.27. The van der Waals surface area contributed by atoms with Gasteiger partial charge in [-0.3, -0.25) is 4.99 Å². The van der Waals surface area contributed by atoms with Crippen molar-refractivity contribution in [1.82, 2.24) is 0 Å². The molecule has 0 bridgehead atoms. The highest BCUT2D eigenvalue weighted by Crippen LogP contribution is 2.17. The topological polar surface area (TPSA) is 12.4 Å². The molecule has 1 heteroatoms. The molecule has 13 heavy (non-hydrogen) atoms. The third-order valence-electron chi connectivity index (χ3n) is 2.27. The van der Waals surface area contributed by atoms with Crippen molar-refractivity contribution in [3.05, 3.63) is 23.8 Å². The summed E-state index contributed by atoms with van der Waals surface area (Å²) < 4.78 is 0. The minimum atomic E-state index is 0.787. The zero-order chi connectivity index (χ0) is 9.84. The number of nitrogens with zero attached hydrogens (tertiary/aromatic N) is 1. The smallest absolute Gasteiger partial charge is 0.0610 e. The van der Waals surface area contributed by atoms with Gasteiger partial charge in [-0.25, -0.2) is 0 Å². The maximum absolute atomic E-state index is 4.42. The molecule has 0 unspecified atom stereocenters. The molecular weight excluding hydrogens is 158 g/mol. The highest BCUT2D eigenvalue weighted by molar-refractivity contribution is 6.09. The van der Waals surface area contributed by atoms with E-state index < -0.39 is 0 Å². The Kier molecular flexibility index (Phi) is 3.47. The lowest BCUT2D eigenvalue weighted by atomic mass is 10.0. The second kappa shape index (κ2) is 4.40. The van der Waals surface area contributed by atoms with Crippen LogP contribution in [0.15, 0.2) is 28.8 Å². The van der Waals surface area contributed by atoms with Crippen molar-refractivity contribution in [1.29, 1.82) is 0 Å². The predicted molar refractivity (Wildman–Crippen MR) is 59.3 cm³/mol. The van der Waals surface area contributed by atoms with Crippen LogP contribution in [0.3, 0.4) is 0 Å². The van der Waals surface area contributed by atoms with Crippen molar-refractivity contribution < 1.29 is 0 Å². The van der Waals surface area contributed by atoms with E-state index in [1.807, 2.05) is 6.92 Å². The Balaban J connectivity index is 2.41. The van der Waals surface area contributed by atoms with Gasteiger partial charge in [0, 0.05) is 0 Å². The van der Waals surface area contributed by atoms with Gasteiger partial charge < -0.3 is 0 Å². The van der Waals surface area contributed by atoms with E-state index in [0.29, 0.717) is 0 Å². The van der Waals surface area contributed by atoms with E-state index in [0.717, 1.165) is 23.7 Å². The van der Waals surface area contributed by atoms with Crippen LogP contribution in [0.4, 0.5) is 0 Å². The van der Waals surface area contributed by atoms with E-state index in [9.17, 15) is 0 Å². The van der Waals surface area contributed by atoms with Crippen LogP contribution in [0.1, 0.15) is 33.6 Å². The quantitative estimate of drug-likeness (QED) is 0.624. The first-order valence-electron chi connectivity index (χ1n) is 4.99. The van der Waals surface area contributed by atoms with E-state index in [4.69, 9.17) is 0 Å². The van der Waals surface area contributed by atoms with Gasteiger partial charge in [0.25, 0.3) is 0 Å². The molecule has 72 valence electrons. The molecule has 1 aliphatic rings. The van der Waals surface area contributed by atoms with Gasteiger partial charge in [-0.1, -0.05) is 20.4 Å². The fourth-order valence-corrected chi connectivity index (χ4v) is 1.35. The van der Waals surface area contributed by atoms with Crippen LogP contribution in [-0.2, 0) is 0 Å². The third kappa shape index (κ3) is 3.17. The van der Waals surface area contributed by atoms with E-state index >= 15 is 0 Å². The summed E-state index contributed by atoms with van der Waals surface area (Å²) in [6.45, 7) is 11.3. The molecule has 1 aliphatic heterocycles. The summed E-state index contributed by atoms with van der Waals surface area (Å²) in [6, 6.07) is 0. The van der Waals surface area contributed by atoms with Gasteiger partial charge in [0.2, 0.25) is 0 Å². The van der Waals surface area contributed by atoms with Crippen LogP contribution < -0.4 is 0 Å². The first-order chi connectivity index (χ1) is 6.09. The molecule has 0 saturated heterocycles. The van der Waals surface area contributed by atoms with Crippen LogP contribution in [0.5, 0.6) is 0 Å². The van der Waals surface area contributed by atoms with E-state index in [1.54, 1.807) is 0 Å². The molecule has 0 atom stereocenters. The maximum Gasteiger partial charge on any atom is 0.0610 e. The molecule has 0 aromatic carbocycles. The lowest BCUT2D eigenvalue weighted by molar-refractivity contribution is 0.583. The lowest BCUT2D eigenvalue weighted by Crippen LogP contribution is -1.91. The standard InChI is InChI=1S/C12H19N/c1-9(2)5-6-11-7-12(10(3)4)13-8-11/h7,9H,3,5-6,8H2,1-2,4H3. The van der Waals surface area contributed by atoms with E-state index in [1.165, 1.54) is 18.4 Å². The number of aliphatic imine (C=N–C) groups is 1. The Morgan fingerprint density at radius 2 is 2.31 bits per heavy atom. The summed E-state index contributed by atoms with van der Waals surface area (Å²) in [7, 11) is 0. The number of hydrogen-bond acceptors (Lipinski definition) is 1. The van der Waals surface area contributed by atoms with Crippen molar-refractivity contribution in [2.75, 3.05) is 6.54 Å². The number of rotatable bonds is 4. The van der Waals surface area contributed by atoms with Crippen molar-refractivity contribution >= 4 is 5.71 Å². The summed E-state index contributed by atoms with van der Waals surface area (Å²) in [5, 5.41) is 0. The molecule has 1 rings (SSSR count). The van der Waals surface area contributed by atoms with Crippen LogP contribution >= 0.6 is 0 Å². The predicted octanol–water partition coefficient (Wildman–Crippen LogP) is 3.38. The zero-order valence-corrected chi connectivity index (χ0v) is 8.93. The normalized spacial score (nSPS) is 16.0. The molecule has 1 nitrogen and oxygen atoms in total. The van der Waals surface area contributed by atoms with Gasteiger partial charge in [-0.15, -0.1) is 0 Å². The lowest BCUT2D eigenvalue weighted by Gasteiger charge is -2.03. The van der Waals surface area contributed by atoms with Gasteiger partial charge in [-0.05, 0) is 42.9 Å². The average Bonchev–Trinajstić information content (AvgIpc) is 2.48. The fourth-order valence-electron chi connectivity index (χ4n) is 1.35. The highest BCUT2D eigenvalue weighted by atomic mass is 14.8. The van der Waals surface area contributed by atoms with Gasteiger partial charge >= 0.3 is 0 Å². The van der Waals surface area contributed by atoms with Crippen molar-refractivity contribution in [3.8, 4) is 0 Å². The maximum atomic E-state index is 4.42. The SMILES string of the molecule is C=C(C)C1=NCC(CCC(C)C)=C1. The summed E-state index contributed by atoms with van der Waals surface area (Å²) in [5.74, 6) is 0.787. The van der Waals surface area contributed by atoms with E-state index in [-0.39, 0.29) is 0 Å². The Labute approximate surface area is 81.3 Å². The molecule has 0 amide bonds.